The largest absolute Gasteiger partial charge is 0.338 e. The molecule has 2 aliphatic rings. The summed E-state index contributed by atoms with van der Waals surface area (Å²) in [5, 5.41) is 0. The number of carbonyl (C=O) groups is 1. The van der Waals surface area contributed by atoms with Gasteiger partial charge in [0.05, 0.1) is 0 Å². The van der Waals surface area contributed by atoms with Gasteiger partial charge in [0.1, 0.15) is 5.82 Å². The first kappa shape index (κ1) is 18.2. The van der Waals surface area contributed by atoms with Gasteiger partial charge in [0.25, 0.3) is 0 Å². The number of hydrogen-bond acceptors (Lipinski definition) is 2. The molecule has 3 nitrogen and oxygen atoms in total. The fraction of sp³-hybridized carbons (Fsp3) is 0.611. The van der Waals surface area contributed by atoms with Crippen molar-refractivity contribution in [3.8, 4) is 0 Å². The van der Waals surface area contributed by atoms with Crippen molar-refractivity contribution in [3.05, 3.63) is 35.6 Å². The van der Waals surface area contributed by atoms with Crippen LogP contribution in [0, 0.1) is 17.7 Å². The van der Waals surface area contributed by atoms with E-state index in [0.29, 0.717) is 12.5 Å². The molecule has 23 heavy (non-hydrogen) atoms. The quantitative estimate of drug-likeness (QED) is 0.891. The van der Waals surface area contributed by atoms with E-state index in [4.69, 9.17) is 5.73 Å². The predicted octanol–water partition coefficient (Wildman–Crippen LogP) is 3.50. The van der Waals surface area contributed by atoms with Gasteiger partial charge in [0.2, 0.25) is 5.91 Å². The number of carbonyl (C=O) groups excluding carboxylic acids is 1. The molecular weight excluding hydrogens is 315 g/mol. The molecule has 2 aliphatic carbocycles. The SMILES string of the molecule is Cl.NC1CCCC(C(=O)N(Cc2ccc(F)cc2)CC2CC2)C1. The highest BCUT2D eigenvalue weighted by atomic mass is 35.5. The van der Waals surface area contributed by atoms with E-state index >= 15 is 0 Å². The number of nitrogens with two attached hydrogens (primary N) is 1. The molecule has 0 bridgehead atoms. The molecule has 2 atom stereocenters. The highest BCUT2D eigenvalue weighted by Gasteiger charge is 2.32. The van der Waals surface area contributed by atoms with Crippen LogP contribution < -0.4 is 5.73 Å². The van der Waals surface area contributed by atoms with Gasteiger partial charge in [-0.25, -0.2) is 4.39 Å². The summed E-state index contributed by atoms with van der Waals surface area (Å²) in [6.07, 6.45) is 6.28. The average Bonchev–Trinajstić information content (AvgIpc) is 3.32. The third-order valence-corrected chi connectivity index (χ3v) is 4.84. The number of rotatable bonds is 5. The van der Waals surface area contributed by atoms with Gasteiger partial charge in [-0.05, 0) is 55.7 Å². The van der Waals surface area contributed by atoms with Gasteiger partial charge in [-0.3, -0.25) is 4.79 Å². The maximum absolute atomic E-state index is 13.0. The minimum atomic E-state index is -0.234. The zero-order valence-corrected chi connectivity index (χ0v) is 14.2. The Bertz CT molecular complexity index is 518. The molecule has 2 saturated carbocycles. The van der Waals surface area contributed by atoms with Crippen molar-refractivity contribution in [1.82, 2.24) is 4.90 Å². The van der Waals surface area contributed by atoms with Crippen LogP contribution in [0.3, 0.4) is 0 Å². The van der Waals surface area contributed by atoms with Crippen LogP contribution in [0.15, 0.2) is 24.3 Å². The first-order valence-corrected chi connectivity index (χ1v) is 8.40. The van der Waals surface area contributed by atoms with Crippen molar-refractivity contribution in [2.24, 2.45) is 17.6 Å². The summed E-state index contributed by atoms with van der Waals surface area (Å²) in [5.74, 6) is 0.734. The highest BCUT2D eigenvalue weighted by molar-refractivity contribution is 5.85. The van der Waals surface area contributed by atoms with E-state index in [1.54, 1.807) is 12.1 Å². The zero-order valence-electron chi connectivity index (χ0n) is 13.4. The minimum Gasteiger partial charge on any atom is -0.338 e. The Morgan fingerprint density at radius 3 is 2.48 bits per heavy atom. The van der Waals surface area contributed by atoms with E-state index in [0.717, 1.165) is 37.8 Å². The van der Waals surface area contributed by atoms with Crippen LogP contribution in [-0.4, -0.2) is 23.4 Å². The van der Waals surface area contributed by atoms with Gasteiger partial charge in [0, 0.05) is 25.0 Å². The topological polar surface area (TPSA) is 46.3 Å². The van der Waals surface area contributed by atoms with Crippen LogP contribution in [0.4, 0.5) is 4.39 Å². The third kappa shape index (κ3) is 5.18. The fourth-order valence-corrected chi connectivity index (χ4v) is 3.36. The van der Waals surface area contributed by atoms with E-state index in [2.05, 4.69) is 0 Å². The Balaban J connectivity index is 0.00000192. The summed E-state index contributed by atoms with van der Waals surface area (Å²) in [7, 11) is 0. The van der Waals surface area contributed by atoms with Gasteiger partial charge in [-0.2, -0.15) is 0 Å². The monoisotopic (exact) mass is 340 g/mol. The van der Waals surface area contributed by atoms with Crippen LogP contribution in [0.5, 0.6) is 0 Å². The normalized spacial score (nSPS) is 23.9. The third-order valence-electron chi connectivity index (χ3n) is 4.84. The Kier molecular flexibility index (Phi) is 6.42. The lowest BCUT2D eigenvalue weighted by Gasteiger charge is -2.31. The summed E-state index contributed by atoms with van der Waals surface area (Å²) in [6, 6.07) is 6.64. The molecule has 0 aliphatic heterocycles. The van der Waals surface area contributed by atoms with Gasteiger partial charge in [0.15, 0.2) is 0 Å². The lowest BCUT2D eigenvalue weighted by Crippen LogP contribution is -2.41. The van der Waals surface area contributed by atoms with E-state index in [-0.39, 0.29) is 36.1 Å². The maximum Gasteiger partial charge on any atom is 0.226 e. The van der Waals surface area contributed by atoms with Crippen molar-refractivity contribution in [2.75, 3.05) is 6.54 Å². The molecule has 0 heterocycles. The molecule has 0 radical (unpaired) electrons. The Morgan fingerprint density at radius 1 is 1.17 bits per heavy atom. The van der Waals surface area contributed by atoms with E-state index < -0.39 is 0 Å². The lowest BCUT2D eigenvalue weighted by molar-refractivity contribution is -0.137. The van der Waals surface area contributed by atoms with Crippen molar-refractivity contribution >= 4 is 18.3 Å². The summed E-state index contributed by atoms with van der Waals surface area (Å²) in [5.41, 5.74) is 7.03. The highest BCUT2D eigenvalue weighted by Crippen LogP contribution is 2.32. The molecule has 5 heteroatoms. The molecule has 2 N–H and O–H groups in total. The number of benzene rings is 1. The number of halogens is 2. The van der Waals surface area contributed by atoms with Gasteiger partial charge in [-0.15, -0.1) is 12.4 Å². The van der Waals surface area contributed by atoms with E-state index in [1.807, 2.05) is 4.90 Å². The van der Waals surface area contributed by atoms with E-state index in [9.17, 15) is 9.18 Å². The molecule has 1 amide bonds. The van der Waals surface area contributed by atoms with Gasteiger partial charge >= 0.3 is 0 Å². The molecule has 128 valence electrons. The van der Waals surface area contributed by atoms with Crippen molar-refractivity contribution in [3.63, 3.8) is 0 Å². The molecule has 0 aromatic heterocycles. The number of hydrogen-bond donors (Lipinski definition) is 1. The molecule has 2 unspecified atom stereocenters. The first-order valence-electron chi connectivity index (χ1n) is 8.40. The molecule has 0 saturated heterocycles. The van der Waals surface area contributed by atoms with Gasteiger partial charge in [-0.1, -0.05) is 18.6 Å². The Labute approximate surface area is 143 Å². The number of nitrogens with zero attached hydrogens (tertiary/aromatic N) is 1. The van der Waals surface area contributed by atoms with Crippen molar-refractivity contribution in [1.29, 1.82) is 0 Å². The first-order chi connectivity index (χ1) is 10.6. The fourth-order valence-electron chi connectivity index (χ4n) is 3.36. The van der Waals surface area contributed by atoms with Crippen LogP contribution in [0.2, 0.25) is 0 Å². The molecule has 3 rings (SSSR count). The summed E-state index contributed by atoms with van der Waals surface area (Å²) in [6.45, 7) is 1.42. The van der Waals surface area contributed by atoms with Crippen LogP contribution in [0.1, 0.15) is 44.1 Å². The predicted molar refractivity (Wildman–Crippen MR) is 91.7 cm³/mol. The molecule has 1 aromatic carbocycles. The van der Waals surface area contributed by atoms with Crippen LogP contribution in [0.25, 0.3) is 0 Å². The van der Waals surface area contributed by atoms with Crippen molar-refractivity contribution in [2.45, 2.75) is 51.1 Å². The molecule has 2 fully saturated rings. The summed E-state index contributed by atoms with van der Waals surface area (Å²) >= 11 is 0. The van der Waals surface area contributed by atoms with Crippen LogP contribution in [-0.2, 0) is 11.3 Å². The average molecular weight is 341 g/mol. The smallest absolute Gasteiger partial charge is 0.226 e. The van der Waals surface area contributed by atoms with E-state index in [1.165, 1.54) is 25.0 Å². The Hall–Kier alpha value is -1.13. The summed E-state index contributed by atoms with van der Waals surface area (Å²) in [4.78, 5) is 14.9. The molecular formula is C18H26ClFN2O. The minimum absolute atomic E-state index is 0. The zero-order chi connectivity index (χ0) is 15.5. The molecule has 0 spiro atoms. The second kappa shape index (κ2) is 8.11. The summed E-state index contributed by atoms with van der Waals surface area (Å²) < 4.78 is 13.0. The second-order valence-electron chi connectivity index (χ2n) is 6.91. The maximum atomic E-state index is 13.0. The Morgan fingerprint density at radius 2 is 1.87 bits per heavy atom. The number of amides is 1. The van der Waals surface area contributed by atoms with Crippen molar-refractivity contribution < 1.29 is 9.18 Å². The standard InChI is InChI=1S/C18H25FN2O.ClH/c19-16-8-6-14(7-9-16)12-21(11-13-4-5-13)18(22)15-2-1-3-17(20)10-15;/h6-9,13,15,17H,1-5,10-12,20H2;1H. The van der Waals surface area contributed by atoms with Gasteiger partial charge < -0.3 is 10.6 Å². The second-order valence-corrected chi connectivity index (χ2v) is 6.91. The lowest BCUT2D eigenvalue weighted by atomic mass is 9.85. The van der Waals surface area contributed by atoms with Crippen LogP contribution >= 0.6 is 12.4 Å². The molecule has 1 aromatic rings.